The van der Waals surface area contributed by atoms with Crippen LogP contribution in [-0.4, -0.2) is 29.1 Å². The smallest absolute Gasteiger partial charge is 0.160 e. The first kappa shape index (κ1) is 21.3. The molecule has 2 fully saturated rings. The maximum Gasteiger partial charge on any atom is 0.160 e. The van der Waals surface area contributed by atoms with Crippen LogP contribution in [0.3, 0.4) is 0 Å². The highest BCUT2D eigenvalue weighted by Gasteiger charge is 2.55. The second-order valence-corrected chi connectivity index (χ2v) is 10.1. The molecule has 0 spiro atoms. The van der Waals surface area contributed by atoms with Gasteiger partial charge in [-0.15, -0.1) is 0 Å². The van der Waals surface area contributed by atoms with Gasteiger partial charge in [0.2, 0.25) is 0 Å². The van der Waals surface area contributed by atoms with Gasteiger partial charge < -0.3 is 19.8 Å². The molecule has 3 aliphatic carbocycles. The highest BCUT2D eigenvalue weighted by atomic mass is 16.6. The molecule has 2 aromatic rings. The maximum atomic E-state index is 10.7. The summed E-state index contributed by atoms with van der Waals surface area (Å²) in [6.45, 7) is 4.75. The summed E-state index contributed by atoms with van der Waals surface area (Å²) in [4.78, 5) is 5.82. The number of fused-ring (bicyclic) bond motifs is 5. The van der Waals surface area contributed by atoms with Crippen LogP contribution in [0.1, 0.15) is 67.2 Å². The zero-order chi connectivity index (χ0) is 22.5. The Kier molecular flexibility index (Phi) is 5.40. The third-order valence-electron chi connectivity index (χ3n) is 8.40. The Balaban J connectivity index is 1.49. The van der Waals surface area contributed by atoms with E-state index in [-0.39, 0.29) is 17.3 Å². The number of hydrogen-bond acceptors (Lipinski definition) is 5. The maximum absolute atomic E-state index is 10.7. The average molecular weight is 436 g/mol. The van der Waals surface area contributed by atoms with Crippen LogP contribution in [0.2, 0.25) is 0 Å². The third kappa shape index (κ3) is 3.47. The highest BCUT2D eigenvalue weighted by Crippen LogP contribution is 2.61. The van der Waals surface area contributed by atoms with E-state index in [1.54, 1.807) is 13.2 Å². The number of benzene rings is 2. The molecular weight excluding hydrogens is 402 g/mol. The number of oxime groups is 1. The van der Waals surface area contributed by atoms with Crippen molar-refractivity contribution in [1.29, 1.82) is 0 Å². The van der Waals surface area contributed by atoms with E-state index in [0.717, 1.165) is 48.9 Å². The Morgan fingerprint density at radius 1 is 1.12 bits per heavy atom. The van der Waals surface area contributed by atoms with Gasteiger partial charge >= 0.3 is 0 Å². The molecule has 0 aliphatic heterocycles. The van der Waals surface area contributed by atoms with Gasteiger partial charge in [-0.1, -0.05) is 41.9 Å². The van der Waals surface area contributed by atoms with Gasteiger partial charge in [0.05, 0.1) is 18.9 Å². The molecule has 0 unspecified atom stereocenters. The van der Waals surface area contributed by atoms with Gasteiger partial charge in [-0.05, 0) is 85.5 Å². The fraction of sp³-hybridized carbons (Fsp3) is 0.519. The number of aromatic hydroxyl groups is 1. The average Bonchev–Trinajstić information content (AvgIpc) is 3.09. The standard InChI is InChI=1S/C27H33NO4/c1-16-4-6-17(7-5-16)15-32-28-23-12-20-18(10-11-27(2)22(20)8-9-26(27)30)19-14-25(31-3)24(29)13-21(19)23/h4-7,13-14,18,20,22,26,29-30H,8-12,15H2,1-3H3/t18-,20-,22+,26+,27+/m1/s1. The fourth-order valence-electron chi connectivity index (χ4n) is 6.52. The third-order valence-corrected chi connectivity index (χ3v) is 8.40. The summed E-state index contributed by atoms with van der Waals surface area (Å²) >= 11 is 0. The van der Waals surface area contributed by atoms with E-state index in [9.17, 15) is 10.2 Å². The fourth-order valence-corrected chi connectivity index (χ4v) is 6.52. The number of aliphatic hydroxyl groups excluding tert-OH is 1. The summed E-state index contributed by atoms with van der Waals surface area (Å²) in [5, 5.41) is 25.8. The van der Waals surface area contributed by atoms with Crippen molar-refractivity contribution in [2.75, 3.05) is 7.11 Å². The molecule has 2 N–H and O–H groups in total. The van der Waals surface area contributed by atoms with Crippen molar-refractivity contribution in [3.05, 3.63) is 58.7 Å². The lowest BCUT2D eigenvalue weighted by Crippen LogP contribution is -2.45. The Morgan fingerprint density at radius 3 is 2.66 bits per heavy atom. The number of rotatable bonds is 4. The molecule has 3 aliphatic rings. The minimum atomic E-state index is -0.220. The highest BCUT2D eigenvalue weighted by molar-refractivity contribution is 6.03. The number of nitrogens with zero attached hydrogens (tertiary/aromatic N) is 1. The van der Waals surface area contributed by atoms with E-state index in [1.807, 2.05) is 6.07 Å². The number of ether oxygens (including phenoxy) is 1. The van der Waals surface area contributed by atoms with Crippen molar-refractivity contribution < 1.29 is 19.8 Å². The normalized spacial score (nSPS) is 32.2. The molecule has 0 bridgehead atoms. The van der Waals surface area contributed by atoms with Gasteiger partial charge in [0, 0.05) is 5.56 Å². The van der Waals surface area contributed by atoms with Crippen molar-refractivity contribution in [2.45, 2.75) is 64.6 Å². The van der Waals surface area contributed by atoms with E-state index in [4.69, 9.17) is 9.57 Å². The number of hydrogen-bond donors (Lipinski definition) is 2. The predicted octanol–water partition coefficient (Wildman–Crippen LogP) is 5.30. The molecule has 0 aromatic heterocycles. The first-order chi connectivity index (χ1) is 15.4. The van der Waals surface area contributed by atoms with Gasteiger partial charge in [0.15, 0.2) is 11.5 Å². The van der Waals surface area contributed by atoms with Crippen molar-refractivity contribution in [2.24, 2.45) is 22.4 Å². The van der Waals surface area contributed by atoms with Gasteiger partial charge in [-0.25, -0.2) is 0 Å². The second-order valence-electron chi connectivity index (χ2n) is 10.1. The van der Waals surface area contributed by atoms with E-state index in [2.05, 4.69) is 43.3 Å². The molecule has 5 heteroatoms. The second kappa shape index (κ2) is 8.11. The van der Waals surface area contributed by atoms with Crippen LogP contribution in [0.15, 0.2) is 41.6 Å². The van der Waals surface area contributed by atoms with Gasteiger partial charge in [-0.2, -0.15) is 0 Å². The molecular formula is C27H33NO4. The quantitative estimate of drug-likeness (QED) is 0.639. The van der Waals surface area contributed by atoms with Crippen LogP contribution in [-0.2, 0) is 11.4 Å². The molecule has 32 heavy (non-hydrogen) atoms. The van der Waals surface area contributed by atoms with Crippen molar-refractivity contribution in [1.82, 2.24) is 0 Å². The lowest BCUT2D eigenvalue weighted by Gasteiger charge is -2.50. The Hall–Kier alpha value is -2.53. The van der Waals surface area contributed by atoms with Crippen LogP contribution < -0.4 is 4.74 Å². The largest absolute Gasteiger partial charge is 0.504 e. The molecule has 5 nitrogen and oxygen atoms in total. The Bertz CT molecular complexity index is 1030. The summed E-state index contributed by atoms with van der Waals surface area (Å²) in [6, 6.07) is 12.0. The lowest BCUT2D eigenvalue weighted by molar-refractivity contribution is -0.0180. The zero-order valence-electron chi connectivity index (χ0n) is 19.2. The van der Waals surface area contributed by atoms with Crippen LogP contribution in [0.5, 0.6) is 11.5 Å². The summed E-state index contributed by atoms with van der Waals surface area (Å²) in [5.74, 6) is 1.90. The summed E-state index contributed by atoms with van der Waals surface area (Å²) in [5.41, 5.74) is 5.32. The summed E-state index contributed by atoms with van der Waals surface area (Å²) in [6.07, 6.45) is 4.59. The van der Waals surface area contributed by atoms with Crippen LogP contribution in [0, 0.1) is 24.2 Å². The molecule has 2 aromatic carbocycles. The zero-order valence-corrected chi connectivity index (χ0v) is 19.2. The van der Waals surface area contributed by atoms with E-state index in [0.29, 0.717) is 30.1 Å². The number of methoxy groups -OCH3 is 1. The molecule has 0 saturated heterocycles. The van der Waals surface area contributed by atoms with Crippen molar-refractivity contribution in [3.8, 4) is 11.5 Å². The molecule has 2 saturated carbocycles. The topological polar surface area (TPSA) is 71.3 Å². The molecule has 5 atom stereocenters. The molecule has 170 valence electrons. The van der Waals surface area contributed by atoms with Crippen molar-refractivity contribution >= 4 is 5.71 Å². The number of aryl methyl sites for hydroxylation is 1. The number of phenolic OH excluding ortho intramolecular Hbond substituents is 1. The summed E-state index contributed by atoms with van der Waals surface area (Å²) in [7, 11) is 1.59. The first-order valence-corrected chi connectivity index (χ1v) is 11.7. The lowest BCUT2D eigenvalue weighted by atomic mass is 9.55. The molecule has 0 heterocycles. The van der Waals surface area contributed by atoms with Crippen molar-refractivity contribution in [3.63, 3.8) is 0 Å². The minimum Gasteiger partial charge on any atom is -0.504 e. The summed E-state index contributed by atoms with van der Waals surface area (Å²) < 4.78 is 5.44. The Morgan fingerprint density at radius 2 is 1.91 bits per heavy atom. The molecule has 5 rings (SSSR count). The van der Waals surface area contributed by atoms with Crippen LogP contribution >= 0.6 is 0 Å². The van der Waals surface area contributed by atoms with Gasteiger partial charge in [0.25, 0.3) is 0 Å². The molecule has 0 radical (unpaired) electrons. The van der Waals surface area contributed by atoms with E-state index < -0.39 is 0 Å². The minimum absolute atomic E-state index is 0.0203. The van der Waals surface area contributed by atoms with E-state index in [1.165, 1.54) is 11.1 Å². The van der Waals surface area contributed by atoms with Crippen LogP contribution in [0.4, 0.5) is 0 Å². The predicted molar refractivity (Wildman–Crippen MR) is 124 cm³/mol. The monoisotopic (exact) mass is 435 g/mol. The number of aliphatic hydroxyl groups is 1. The first-order valence-electron chi connectivity index (χ1n) is 11.7. The molecule has 0 amide bonds. The van der Waals surface area contributed by atoms with Gasteiger partial charge in [0.1, 0.15) is 6.61 Å². The van der Waals surface area contributed by atoms with E-state index >= 15 is 0 Å². The van der Waals surface area contributed by atoms with Crippen LogP contribution in [0.25, 0.3) is 0 Å². The SMILES string of the molecule is COc1cc2c(cc1O)C(=NOCc1ccc(C)cc1)C[C@@H]1[C@@H]2CC[C@]2(C)[C@@H](O)CC[C@@H]12. The number of phenols is 1. The van der Waals surface area contributed by atoms with Gasteiger partial charge in [-0.3, -0.25) is 0 Å². The Labute approximate surface area is 190 Å².